The highest BCUT2D eigenvalue weighted by Crippen LogP contribution is 2.21. The summed E-state index contributed by atoms with van der Waals surface area (Å²) in [5.41, 5.74) is 1.94. The number of carbonyl (C=O) groups is 1. The molecule has 0 aliphatic rings. The fourth-order valence-corrected chi connectivity index (χ4v) is 1.30. The van der Waals surface area contributed by atoms with E-state index in [0.29, 0.717) is 5.75 Å². The molecule has 0 radical (unpaired) electrons. The van der Waals surface area contributed by atoms with Crippen LogP contribution in [0.1, 0.15) is 18.1 Å². The van der Waals surface area contributed by atoms with E-state index in [9.17, 15) is 4.79 Å². The minimum Gasteiger partial charge on any atom is -0.496 e. The molecule has 0 aliphatic carbocycles. The summed E-state index contributed by atoms with van der Waals surface area (Å²) in [6.45, 7) is 2.05. The molecule has 1 aromatic rings. The molecule has 0 spiro atoms. The number of carboxylic acid groups (broad SMARTS) is 1. The minimum atomic E-state index is -0.959. The molecule has 0 fully saturated rings. The number of hydrogen-bond donors (Lipinski definition) is 1. The van der Waals surface area contributed by atoms with Gasteiger partial charge in [-0.05, 0) is 30.2 Å². The fourth-order valence-electron chi connectivity index (χ4n) is 1.30. The normalized spacial score (nSPS) is 10.5. The van der Waals surface area contributed by atoms with Gasteiger partial charge in [0.25, 0.3) is 0 Å². The van der Waals surface area contributed by atoms with Crippen LogP contribution in [-0.4, -0.2) is 18.2 Å². The third-order valence-electron chi connectivity index (χ3n) is 2.11. The Balaban J connectivity index is 3.06. The SMILES string of the molecule is CCc1ccc(OC)c(/C=C/C(=O)O)c1. The van der Waals surface area contributed by atoms with Crippen LogP contribution in [0.2, 0.25) is 0 Å². The van der Waals surface area contributed by atoms with Crippen molar-refractivity contribution in [2.75, 3.05) is 7.11 Å². The molecule has 0 atom stereocenters. The first-order valence-electron chi connectivity index (χ1n) is 4.75. The largest absolute Gasteiger partial charge is 0.496 e. The Morgan fingerprint density at radius 3 is 2.80 bits per heavy atom. The van der Waals surface area contributed by atoms with Gasteiger partial charge in [0.15, 0.2) is 0 Å². The first kappa shape index (κ1) is 11.3. The summed E-state index contributed by atoms with van der Waals surface area (Å²) in [5, 5.41) is 8.54. The maximum absolute atomic E-state index is 10.4. The van der Waals surface area contributed by atoms with Crippen LogP contribution in [0.3, 0.4) is 0 Å². The van der Waals surface area contributed by atoms with Gasteiger partial charge in [-0.15, -0.1) is 0 Å². The Kier molecular flexibility index (Phi) is 3.92. The van der Waals surface area contributed by atoms with Gasteiger partial charge in [-0.1, -0.05) is 13.0 Å². The molecule has 1 aromatic carbocycles. The van der Waals surface area contributed by atoms with Crippen LogP contribution in [-0.2, 0) is 11.2 Å². The predicted octanol–water partition coefficient (Wildman–Crippen LogP) is 2.36. The van der Waals surface area contributed by atoms with E-state index in [1.165, 1.54) is 0 Å². The van der Waals surface area contributed by atoms with E-state index in [-0.39, 0.29) is 0 Å². The Hall–Kier alpha value is -1.77. The molecule has 15 heavy (non-hydrogen) atoms. The Morgan fingerprint density at radius 2 is 2.27 bits per heavy atom. The van der Waals surface area contributed by atoms with Gasteiger partial charge in [0.2, 0.25) is 0 Å². The summed E-state index contributed by atoms with van der Waals surface area (Å²) in [6.07, 6.45) is 3.57. The number of rotatable bonds is 4. The summed E-state index contributed by atoms with van der Waals surface area (Å²) in [6, 6.07) is 5.75. The quantitative estimate of drug-likeness (QED) is 0.769. The van der Waals surface area contributed by atoms with Gasteiger partial charge in [-0.25, -0.2) is 4.79 Å². The molecule has 0 saturated heterocycles. The van der Waals surface area contributed by atoms with Gasteiger partial charge in [-0.2, -0.15) is 0 Å². The molecule has 3 nitrogen and oxygen atoms in total. The molecule has 0 unspecified atom stereocenters. The first-order valence-corrected chi connectivity index (χ1v) is 4.75. The lowest BCUT2D eigenvalue weighted by Gasteiger charge is -2.06. The molecule has 1 N–H and O–H groups in total. The van der Waals surface area contributed by atoms with E-state index in [1.54, 1.807) is 13.2 Å². The minimum absolute atomic E-state index is 0.685. The maximum Gasteiger partial charge on any atom is 0.328 e. The zero-order valence-electron chi connectivity index (χ0n) is 8.86. The zero-order valence-corrected chi connectivity index (χ0v) is 8.86. The van der Waals surface area contributed by atoms with Crippen LogP contribution in [0, 0.1) is 0 Å². The van der Waals surface area contributed by atoms with Crippen molar-refractivity contribution in [3.63, 3.8) is 0 Å². The maximum atomic E-state index is 10.4. The molecule has 1 rings (SSSR count). The Labute approximate surface area is 89.0 Å². The third-order valence-corrected chi connectivity index (χ3v) is 2.11. The van der Waals surface area contributed by atoms with Crippen LogP contribution in [0.15, 0.2) is 24.3 Å². The highest BCUT2D eigenvalue weighted by molar-refractivity contribution is 5.85. The van der Waals surface area contributed by atoms with Crippen LogP contribution >= 0.6 is 0 Å². The lowest BCUT2D eigenvalue weighted by Crippen LogP contribution is -1.91. The van der Waals surface area contributed by atoms with Gasteiger partial charge in [0.05, 0.1) is 7.11 Å². The predicted molar refractivity (Wildman–Crippen MR) is 59.0 cm³/mol. The molecule has 0 aromatic heterocycles. The highest BCUT2D eigenvalue weighted by atomic mass is 16.5. The van der Waals surface area contributed by atoms with Gasteiger partial charge in [0.1, 0.15) is 5.75 Å². The van der Waals surface area contributed by atoms with Gasteiger partial charge < -0.3 is 9.84 Å². The molecule has 0 heterocycles. The number of benzene rings is 1. The van der Waals surface area contributed by atoms with E-state index in [1.807, 2.05) is 25.1 Å². The molecule has 0 amide bonds. The van der Waals surface area contributed by atoms with E-state index < -0.39 is 5.97 Å². The summed E-state index contributed by atoms with van der Waals surface area (Å²) in [5.74, 6) is -0.274. The van der Waals surface area contributed by atoms with Gasteiger partial charge >= 0.3 is 5.97 Å². The second-order valence-electron chi connectivity index (χ2n) is 3.10. The van der Waals surface area contributed by atoms with Crippen LogP contribution < -0.4 is 4.74 Å². The number of methoxy groups -OCH3 is 1. The third kappa shape index (κ3) is 3.13. The van der Waals surface area contributed by atoms with Crippen molar-refractivity contribution in [2.24, 2.45) is 0 Å². The van der Waals surface area contributed by atoms with Crippen LogP contribution in [0.25, 0.3) is 6.08 Å². The summed E-state index contributed by atoms with van der Waals surface area (Å²) >= 11 is 0. The fraction of sp³-hybridized carbons (Fsp3) is 0.250. The molecular formula is C12H14O3. The first-order chi connectivity index (χ1) is 7.17. The lowest BCUT2D eigenvalue weighted by atomic mass is 10.1. The molecule has 0 saturated carbocycles. The summed E-state index contributed by atoms with van der Waals surface area (Å²) in [4.78, 5) is 10.4. The van der Waals surface area contributed by atoms with Crippen molar-refractivity contribution in [2.45, 2.75) is 13.3 Å². The number of ether oxygens (including phenoxy) is 1. The van der Waals surface area contributed by atoms with Crippen molar-refractivity contribution in [1.82, 2.24) is 0 Å². The van der Waals surface area contributed by atoms with E-state index in [0.717, 1.165) is 23.6 Å². The number of hydrogen-bond acceptors (Lipinski definition) is 2. The molecule has 80 valence electrons. The zero-order chi connectivity index (χ0) is 11.3. The molecule has 0 bridgehead atoms. The van der Waals surface area contributed by atoms with Crippen molar-refractivity contribution in [3.8, 4) is 5.75 Å². The summed E-state index contributed by atoms with van der Waals surface area (Å²) < 4.78 is 5.13. The van der Waals surface area contributed by atoms with Crippen molar-refractivity contribution in [3.05, 3.63) is 35.4 Å². The lowest BCUT2D eigenvalue weighted by molar-refractivity contribution is -0.131. The Bertz CT molecular complexity index is 380. The smallest absolute Gasteiger partial charge is 0.328 e. The molecule has 0 aliphatic heterocycles. The number of aliphatic carboxylic acids is 1. The molecule has 3 heteroatoms. The van der Waals surface area contributed by atoms with Crippen molar-refractivity contribution in [1.29, 1.82) is 0 Å². The van der Waals surface area contributed by atoms with Gasteiger partial charge in [-0.3, -0.25) is 0 Å². The van der Waals surface area contributed by atoms with Gasteiger partial charge in [0, 0.05) is 11.6 Å². The Morgan fingerprint density at radius 1 is 1.53 bits per heavy atom. The van der Waals surface area contributed by atoms with Crippen molar-refractivity contribution < 1.29 is 14.6 Å². The number of carboxylic acids is 1. The van der Waals surface area contributed by atoms with Crippen LogP contribution in [0.4, 0.5) is 0 Å². The average molecular weight is 206 g/mol. The monoisotopic (exact) mass is 206 g/mol. The summed E-state index contributed by atoms with van der Waals surface area (Å²) in [7, 11) is 1.57. The second kappa shape index (κ2) is 5.20. The topological polar surface area (TPSA) is 46.5 Å². The van der Waals surface area contributed by atoms with E-state index in [4.69, 9.17) is 9.84 Å². The standard InChI is InChI=1S/C12H14O3/c1-3-9-4-6-11(15-2)10(8-9)5-7-12(13)14/h4-8H,3H2,1-2H3,(H,13,14)/b7-5+. The van der Waals surface area contributed by atoms with E-state index in [2.05, 4.69) is 0 Å². The average Bonchev–Trinajstić information content (AvgIpc) is 2.25. The van der Waals surface area contributed by atoms with E-state index >= 15 is 0 Å². The highest BCUT2D eigenvalue weighted by Gasteiger charge is 2.01. The second-order valence-corrected chi connectivity index (χ2v) is 3.10. The van der Waals surface area contributed by atoms with Crippen molar-refractivity contribution >= 4 is 12.0 Å². The molecular weight excluding hydrogens is 192 g/mol. The van der Waals surface area contributed by atoms with Crippen LogP contribution in [0.5, 0.6) is 5.75 Å². The number of aryl methyl sites for hydroxylation is 1.